The van der Waals surface area contributed by atoms with Crippen LogP contribution in [0.25, 0.3) is 0 Å². The normalized spacial score (nSPS) is 22.2. The molecule has 1 aliphatic rings. The maximum Gasteiger partial charge on any atom is 0.407 e. The van der Waals surface area contributed by atoms with Crippen molar-refractivity contribution in [3.05, 3.63) is 65.2 Å². The second-order valence-corrected chi connectivity index (χ2v) is 6.57. The summed E-state index contributed by atoms with van der Waals surface area (Å²) in [6.07, 6.45) is -0.378. The van der Waals surface area contributed by atoms with E-state index in [0.717, 1.165) is 16.8 Å². The summed E-state index contributed by atoms with van der Waals surface area (Å²) in [5, 5.41) is 6.56. The number of hydrogen-bond donors (Lipinski definition) is 2. The van der Waals surface area contributed by atoms with Gasteiger partial charge in [0.2, 0.25) is 0 Å². The maximum absolute atomic E-state index is 12.3. The highest BCUT2D eigenvalue weighted by molar-refractivity contribution is 5.69. The lowest BCUT2D eigenvalue weighted by molar-refractivity contribution is 0.131. The van der Waals surface area contributed by atoms with Gasteiger partial charge in [-0.05, 0) is 31.0 Å². The molecule has 0 aliphatic carbocycles. The van der Waals surface area contributed by atoms with E-state index in [2.05, 4.69) is 49.6 Å². The Labute approximate surface area is 143 Å². The number of benzene rings is 2. The average molecular weight is 324 g/mol. The lowest BCUT2D eigenvalue weighted by Gasteiger charge is -2.37. The van der Waals surface area contributed by atoms with Crippen LogP contribution in [0.15, 0.2) is 48.5 Å². The first-order chi connectivity index (χ1) is 11.5. The van der Waals surface area contributed by atoms with E-state index >= 15 is 0 Å². The van der Waals surface area contributed by atoms with Crippen molar-refractivity contribution in [3.63, 3.8) is 0 Å². The number of anilines is 1. The van der Waals surface area contributed by atoms with Crippen molar-refractivity contribution < 1.29 is 9.53 Å². The molecule has 4 heteroatoms. The molecule has 0 spiro atoms. The Hall–Kier alpha value is -2.49. The Kier molecular flexibility index (Phi) is 4.74. The highest BCUT2D eigenvalue weighted by Gasteiger charge is 2.32. The number of nitrogens with one attached hydrogen (secondary N) is 2. The molecule has 24 heavy (non-hydrogen) atoms. The van der Waals surface area contributed by atoms with Gasteiger partial charge in [-0.3, -0.25) is 0 Å². The lowest BCUT2D eigenvalue weighted by Crippen LogP contribution is -2.42. The van der Waals surface area contributed by atoms with Gasteiger partial charge in [0.05, 0.1) is 6.04 Å². The van der Waals surface area contributed by atoms with Crippen LogP contribution in [0.1, 0.15) is 36.6 Å². The Morgan fingerprint density at radius 1 is 1.17 bits per heavy atom. The van der Waals surface area contributed by atoms with Crippen molar-refractivity contribution in [2.45, 2.75) is 39.5 Å². The van der Waals surface area contributed by atoms with Crippen LogP contribution in [-0.4, -0.2) is 12.1 Å². The molecule has 0 radical (unpaired) electrons. The molecule has 2 N–H and O–H groups in total. The van der Waals surface area contributed by atoms with E-state index in [-0.39, 0.29) is 30.7 Å². The van der Waals surface area contributed by atoms with Crippen LogP contribution >= 0.6 is 0 Å². The molecule has 1 heterocycles. The molecule has 3 rings (SSSR count). The average Bonchev–Trinajstić information content (AvgIpc) is 2.59. The van der Waals surface area contributed by atoms with Crippen LogP contribution in [0.4, 0.5) is 10.5 Å². The lowest BCUT2D eigenvalue weighted by atomic mass is 9.84. The number of amides is 1. The minimum Gasteiger partial charge on any atom is -0.445 e. The highest BCUT2D eigenvalue weighted by atomic mass is 16.5. The molecular formula is C20H24N2O2. The highest BCUT2D eigenvalue weighted by Crippen LogP contribution is 2.37. The number of rotatable bonds is 3. The van der Waals surface area contributed by atoms with E-state index in [1.54, 1.807) is 0 Å². The second-order valence-electron chi connectivity index (χ2n) is 6.57. The summed E-state index contributed by atoms with van der Waals surface area (Å²) in [5.74, 6) is 0.267. The van der Waals surface area contributed by atoms with E-state index in [0.29, 0.717) is 0 Å². The molecule has 2 aromatic carbocycles. The summed E-state index contributed by atoms with van der Waals surface area (Å²) in [7, 11) is 0. The summed E-state index contributed by atoms with van der Waals surface area (Å²) in [6.45, 7) is 6.62. The van der Waals surface area contributed by atoms with Gasteiger partial charge in [0, 0.05) is 17.6 Å². The van der Waals surface area contributed by atoms with E-state index in [1.165, 1.54) is 5.56 Å². The summed E-state index contributed by atoms with van der Waals surface area (Å²) < 4.78 is 5.39. The van der Waals surface area contributed by atoms with Crippen LogP contribution in [-0.2, 0) is 11.3 Å². The van der Waals surface area contributed by atoms with Crippen LogP contribution in [0, 0.1) is 12.8 Å². The number of carbonyl (C=O) groups is 1. The quantitative estimate of drug-likeness (QED) is 0.879. The molecule has 0 fully saturated rings. The van der Waals surface area contributed by atoms with E-state index in [1.807, 2.05) is 30.3 Å². The Balaban J connectivity index is 1.71. The number of ether oxygens (including phenoxy) is 1. The number of carbonyl (C=O) groups excluding carboxylic acids is 1. The molecule has 126 valence electrons. The van der Waals surface area contributed by atoms with Crippen LogP contribution < -0.4 is 10.6 Å². The zero-order valence-electron chi connectivity index (χ0n) is 14.4. The molecule has 0 saturated heterocycles. The Morgan fingerprint density at radius 2 is 1.92 bits per heavy atom. The third-order valence-corrected chi connectivity index (χ3v) is 4.73. The summed E-state index contributed by atoms with van der Waals surface area (Å²) >= 11 is 0. The maximum atomic E-state index is 12.3. The molecule has 3 atom stereocenters. The molecule has 1 aliphatic heterocycles. The van der Waals surface area contributed by atoms with Gasteiger partial charge in [0.1, 0.15) is 6.61 Å². The Morgan fingerprint density at radius 3 is 2.67 bits per heavy atom. The molecule has 4 nitrogen and oxygen atoms in total. The van der Waals surface area contributed by atoms with Crippen molar-refractivity contribution in [1.29, 1.82) is 0 Å². The predicted octanol–water partition coefficient (Wildman–Crippen LogP) is 4.41. The molecule has 2 aromatic rings. The van der Waals surface area contributed by atoms with Crippen LogP contribution in [0.2, 0.25) is 0 Å². The molecular weight excluding hydrogens is 300 g/mol. The van der Waals surface area contributed by atoms with Crippen LogP contribution in [0.5, 0.6) is 0 Å². The zero-order valence-corrected chi connectivity index (χ0v) is 14.4. The molecule has 0 saturated carbocycles. The van der Waals surface area contributed by atoms with Crippen molar-refractivity contribution in [2.24, 2.45) is 5.92 Å². The third kappa shape index (κ3) is 3.53. The van der Waals surface area contributed by atoms with Gasteiger partial charge in [0.25, 0.3) is 0 Å². The first kappa shape index (κ1) is 16.4. The van der Waals surface area contributed by atoms with Gasteiger partial charge in [0.15, 0.2) is 0 Å². The smallest absolute Gasteiger partial charge is 0.407 e. The monoisotopic (exact) mass is 324 g/mol. The fraction of sp³-hybridized carbons (Fsp3) is 0.350. The number of aryl methyl sites for hydroxylation is 1. The molecule has 0 aromatic heterocycles. The molecule has 1 amide bonds. The second kappa shape index (κ2) is 6.95. The van der Waals surface area contributed by atoms with Gasteiger partial charge >= 0.3 is 6.09 Å². The third-order valence-electron chi connectivity index (χ3n) is 4.73. The number of hydrogen-bond acceptors (Lipinski definition) is 3. The van der Waals surface area contributed by atoms with E-state index in [4.69, 9.17) is 4.74 Å². The SMILES string of the molecule is Cc1ccc2c(c1)[C@H](NC(=O)OCc1ccccc1)[C@@H](C)[C@H](C)N2. The van der Waals surface area contributed by atoms with Gasteiger partial charge in [-0.25, -0.2) is 4.79 Å². The summed E-state index contributed by atoms with van der Waals surface area (Å²) in [6, 6.07) is 16.2. The number of fused-ring (bicyclic) bond motifs is 1. The van der Waals surface area contributed by atoms with Gasteiger partial charge in [-0.2, -0.15) is 0 Å². The molecule has 0 unspecified atom stereocenters. The van der Waals surface area contributed by atoms with Crippen molar-refractivity contribution in [3.8, 4) is 0 Å². The Bertz CT molecular complexity index is 715. The van der Waals surface area contributed by atoms with E-state index in [9.17, 15) is 4.79 Å². The van der Waals surface area contributed by atoms with Crippen molar-refractivity contribution in [2.75, 3.05) is 5.32 Å². The zero-order chi connectivity index (χ0) is 17.1. The first-order valence-electron chi connectivity index (χ1n) is 8.39. The standard InChI is InChI=1S/C20H24N2O2/c1-13-9-10-18-17(11-13)19(14(2)15(3)21-18)22-20(23)24-12-16-7-5-4-6-8-16/h4-11,14-15,19,21H,12H2,1-3H3,(H,22,23)/t14-,15-,19+/m0/s1. The summed E-state index contributed by atoms with van der Waals surface area (Å²) in [5.41, 5.74) is 4.37. The van der Waals surface area contributed by atoms with Crippen molar-refractivity contribution >= 4 is 11.8 Å². The topological polar surface area (TPSA) is 50.4 Å². The minimum absolute atomic E-state index is 0.0561. The minimum atomic E-state index is -0.378. The van der Waals surface area contributed by atoms with Crippen LogP contribution in [0.3, 0.4) is 0 Å². The summed E-state index contributed by atoms with van der Waals surface area (Å²) in [4.78, 5) is 12.3. The number of alkyl carbamates (subject to hydrolysis) is 1. The first-order valence-corrected chi connectivity index (χ1v) is 8.39. The predicted molar refractivity (Wildman–Crippen MR) is 95.9 cm³/mol. The largest absolute Gasteiger partial charge is 0.445 e. The van der Waals surface area contributed by atoms with Gasteiger partial charge in [-0.1, -0.05) is 55.0 Å². The fourth-order valence-corrected chi connectivity index (χ4v) is 3.12. The molecule has 0 bridgehead atoms. The van der Waals surface area contributed by atoms with Crippen molar-refractivity contribution in [1.82, 2.24) is 5.32 Å². The fourth-order valence-electron chi connectivity index (χ4n) is 3.12. The van der Waals surface area contributed by atoms with E-state index < -0.39 is 0 Å². The van der Waals surface area contributed by atoms with Gasteiger partial charge in [-0.15, -0.1) is 0 Å². The van der Waals surface area contributed by atoms with Gasteiger partial charge < -0.3 is 15.4 Å².